The summed E-state index contributed by atoms with van der Waals surface area (Å²) < 4.78 is 15.2. The van der Waals surface area contributed by atoms with Gasteiger partial charge in [-0.3, -0.25) is 0 Å². The Labute approximate surface area is 110 Å². The predicted octanol–water partition coefficient (Wildman–Crippen LogP) is 3.44. The maximum atomic E-state index is 13.1. The molecule has 0 bridgehead atoms. The summed E-state index contributed by atoms with van der Waals surface area (Å²) in [6.45, 7) is 2.84. The standard InChI is InChI=1S/C15H14FN3/c1-2-19-14-6-4-3-5-13(14)18-15(19)11-8-7-10(16)9-12(11)17/h3-9H,2,17H2,1H3. The Morgan fingerprint density at radius 3 is 2.74 bits per heavy atom. The summed E-state index contributed by atoms with van der Waals surface area (Å²) in [6, 6.07) is 12.3. The van der Waals surface area contributed by atoms with Crippen LogP contribution in [-0.2, 0) is 6.54 Å². The zero-order valence-corrected chi connectivity index (χ0v) is 10.6. The Hall–Kier alpha value is -2.36. The topological polar surface area (TPSA) is 43.8 Å². The third-order valence-corrected chi connectivity index (χ3v) is 3.23. The van der Waals surface area contributed by atoms with Gasteiger partial charge in [-0.2, -0.15) is 0 Å². The molecule has 1 heterocycles. The molecule has 2 N–H and O–H groups in total. The number of anilines is 1. The molecule has 0 radical (unpaired) electrons. The van der Waals surface area contributed by atoms with Crippen molar-refractivity contribution in [2.45, 2.75) is 13.5 Å². The maximum Gasteiger partial charge on any atom is 0.143 e. The van der Waals surface area contributed by atoms with Crippen molar-refractivity contribution in [2.75, 3.05) is 5.73 Å². The number of nitrogens with zero attached hydrogens (tertiary/aromatic N) is 2. The molecule has 96 valence electrons. The molecular formula is C15H14FN3. The number of aromatic nitrogens is 2. The molecule has 0 spiro atoms. The van der Waals surface area contributed by atoms with Crippen LogP contribution in [0.3, 0.4) is 0 Å². The van der Waals surface area contributed by atoms with Crippen molar-refractivity contribution in [1.29, 1.82) is 0 Å². The smallest absolute Gasteiger partial charge is 0.143 e. The number of nitrogen functional groups attached to an aromatic ring is 1. The van der Waals surface area contributed by atoms with Crippen LogP contribution >= 0.6 is 0 Å². The SMILES string of the molecule is CCn1c(-c2ccc(F)cc2N)nc2ccccc21. The third kappa shape index (κ3) is 1.85. The van der Waals surface area contributed by atoms with Crippen molar-refractivity contribution in [1.82, 2.24) is 9.55 Å². The Balaban J connectivity index is 2.30. The highest BCUT2D eigenvalue weighted by molar-refractivity contribution is 5.83. The molecule has 0 atom stereocenters. The van der Waals surface area contributed by atoms with Gasteiger partial charge in [0, 0.05) is 17.8 Å². The average Bonchev–Trinajstić information content (AvgIpc) is 2.76. The normalized spacial score (nSPS) is 11.1. The second kappa shape index (κ2) is 4.39. The van der Waals surface area contributed by atoms with Crippen LogP contribution in [-0.4, -0.2) is 9.55 Å². The van der Waals surface area contributed by atoms with Crippen molar-refractivity contribution in [2.24, 2.45) is 0 Å². The van der Waals surface area contributed by atoms with Crippen molar-refractivity contribution in [3.8, 4) is 11.4 Å². The first-order valence-corrected chi connectivity index (χ1v) is 6.21. The summed E-state index contributed by atoms with van der Waals surface area (Å²) in [7, 11) is 0. The lowest BCUT2D eigenvalue weighted by Crippen LogP contribution is -2.00. The molecule has 0 saturated carbocycles. The highest BCUT2D eigenvalue weighted by Gasteiger charge is 2.13. The van der Waals surface area contributed by atoms with E-state index in [-0.39, 0.29) is 5.82 Å². The number of benzene rings is 2. The van der Waals surface area contributed by atoms with E-state index in [0.29, 0.717) is 5.69 Å². The molecule has 3 aromatic rings. The summed E-state index contributed by atoms with van der Waals surface area (Å²) in [5, 5.41) is 0. The summed E-state index contributed by atoms with van der Waals surface area (Å²) in [5.74, 6) is 0.446. The summed E-state index contributed by atoms with van der Waals surface area (Å²) >= 11 is 0. The third-order valence-electron chi connectivity index (χ3n) is 3.23. The van der Waals surface area contributed by atoms with Gasteiger partial charge in [-0.15, -0.1) is 0 Å². The van der Waals surface area contributed by atoms with E-state index in [9.17, 15) is 4.39 Å². The molecule has 0 aliphatic carbocycles. The second-order valence-corrected chi connectivity index (χ2v) is 4.40. The van der Waals surface area contributed by atoms with Crippen LogP contribution in [0.15, 0.2) is 42.5 Å². The highest BCUT2D eigenvalue weighted by Crippen LogP contribution is 2.29. The number of fused-ring (bicyclic) bond motifs is 1. The molecular weight excluding hydrogens is 241 g/mol. The molecule has 2 aromatic carbocycles. The van der Waals surface area contributed by atoms with Crippen LogP contribution in [0.1, 0.15) is 6.92 Å². The van der Waals surface area contributed by atoms with E-state index in [0.717, 1.165) is 29.0 Å². The van der Waals surface area contributed by atoms with Crippen LogP contribution in [0, 0.1) is 5.82 Å². The maximum absolute atomic E-state index is 13.1. The van der Waals surface area contributed by atoms with Crippen LogP contribution in [0.25, 0.3) is 22.4 Å². The zero-order valence-electron chi connectivity index (χ0n) is 10.6. The number of nitrogens with two attached hydrogens (primary N) is 1. The fraction of sp³-hybridized carbons (Fsp3) is 0.133. The fourth-order valence-corrected chi connectivity index (χ4v) is 2.34. The van der Waals surface area contributed by atoms with E-state index in [4.69, 9.17) is 5.73 Å². The van der Waals surface area contributed by atoms with Gasteiger partial charge >= 0.3 is 0 Å². The van der Waals surface area contributed by atoms with Crippen LogP contribution in [0.2, 0.25) is 0 Å². The molecule has 19 heavy (non-hydrogen) atoms. The van der Waals surface area contributed by atoms with Gasteiger partial charge in [0.1, 0.15) is 11.6 Å². The first-order valence-electron chi connectivity index (χ1n) is 6.21. The largest absolute Gasteiger partial charge is 0.398 e. The molecule has 0 fully saturated rings. The van der Waals surface area contributed by atoms with Gasteiger partial charge in [-0.25, -0.2) is 9.37 Å². The van der Waals surface area contributed by atoms with Gasteiger partial charge in [0.15, 0.2) is 0 Å². The van der Waals surface area contributed by atoms with Crippen LogP contribution in [0.4, 0.5) is 10.1 Å². The molecule has 0 unspecified atom stereocenters. The quantitative estimate of drug-likeness (QED) is 0.713. The summed E-state index contributed by atoms with van der Waals surface area (Å²) in [6.07, 6.45) is 0. The number of imidazole rings is 1. The van der Waals surface area contributed by atoms with Crippen LogP contribution in [0.5, 0.6) is 0 Å². The fourth-order valence-electron chi connectivity index (χ4n) is 2.34. The zero-order chi connectivity index (χ0) is 13.4. The highest BCUT2D eigenvalue weighted by atomic mass is 19.1. The minimum absolute atomic E-state index is 0.333. The van der Waals surface area contributed by atoms with E-state index in [1.165, 1.54) is 12.1 Å². The monoisotopic (exact) mass is 255 g/mol. The number of para-hydroxylation sites is 2. The van der Waals surface area contributed by atoms with E-state index >= 15 is 0 Å². The van der Waals surface area contributed by atoms with Crippen molar-refractivity contribution >= 4 is 16.7 Å². The number of rotatable bonds is 2. The predicted molar refractivity (Wildman–Crippen MR) is 75.2 cm³/mol. The Morgan fingerprint density at radius 1 is 1.21 bits per heavy atom. The van der Waals surface area contributed by atoms with Gasteiger partial charge in [-0.1, -0.05) is 12.1 Å². The van der Waals surface area contributed by atoms with Crippen LogP contribution < -0.4 is 5.73 Å². The molecule has 3 rings (SSSR count). The molecule has 0 saturated heterocycles. The van der Waals surface area contributed by atoms with E-state index in [1.54, 1.807) is 6.07 Å². The van der Waals surface area contributed by atoms with E-state index < -0.39 is 0 Å². The first kappa shape index (κ1) is 11.7. The molecule has 3 nitrogen and oxygen atoms in total. The second-order valence-electron chi connectivity index (χ2n) is 4.40. The van der Waals surface area contributed by atoms with E-state index in [2.05, 4.69) is 16.5 Å². The number of hydrogen-bond acceptors (Lipinski definition) is 2. The van der Waals surface area contributed by atoms with E-state index in [1.807, 2.05) is 24.3 Å². The Kier molecular flexibility index (Phi) is 2.71. The van der Waals surface area contributed by atoms with Gasteiger partial charge < -0.3 is 10.3 Å². The lowest BCUT2D eigenvalue weighted by atomic mass is 10.1. The lowest BCUT2D eigenvalue weighted by Gasteiger charge is -2.08. The van der Waals surface area contributed by atoms with Crippen molar-refractivity contribution in [3.05, 3.63) is 48.3 Å². The summed E-state index contributed by atoms with van der Waals surface area (Å²) in [5.41, 5.74) is 9.05. The molecule has 0 amide bonds. The van der Waals surface area contributed by atoms with Gasteiger partial charge in [0.2, 0.25) is 0 Å². The van der Waals surface area contributed by atoms with Crippen molar-refractivity contribution in [3.63, 3.8) is 0 Å². The molecule has 0 aliphatic rings. The molecule has 1 aromatic heterocycles. The summed E-state index contributed by atoms with van der Waals surface area (Å²) in [4.78, 5) is 4.60. The molecule has 4 heteroatoms. The van der Waals surface area contributed by atoms with Gasteiger partial charge in [0.25, 0.3) is 0 Å². The van der Waals surface area contributed by atoms with Gasteiger partial charge in [-0.05, 0) is 37.3 Å². The lowest BCUT2D eigenvalue weighted by molar-refractivity contribution is 0.628. The van der Waals surface area contributed by atoms with Gasteiger partial charge in [0.05, 0.1) is 11.0 Å². The first-order chi connectivity index (χ1) is 9.20. The Morgan fingerprint density at radius 2 is 2.00 bits per heavy atom. The minimum atomic E-state index is -0.333. The number of aryl methyl sites for hydroxylation is 1. The number of halogens is 1. The molecule has 0 aliphatic heterocycles. The Bertz CT molecular complexity index is 746. The number of hydrogen-bond donors (Lipinski definition) is 1. The van der Waals surface area contributed by atoms with Crippen molar-refractivity contribution < 1.29 is 4.39 Å². The average molecular weight is 255 g/mol. The minimum Gasteiger partial charge on any atom is -0.398 e.